The quantitative estimate of drug-likeness (QED) is 0.404. The van der Waals surface area contributed by atoms with Gasteiger partial charge in [0.15, 0.2) is 5.13 Å². The molecule has 0 aromatic carbocycles. The van der Waals surface area contributed by atoms with Crippen molar-refractivity contribution in [2.45, 2.75) is 70.9 Å². The Morgan fingerprint density at radius 2 is 2.12 bits per heavy atom. The number of carbonyl (C=O) groups is 2. The maximum Gasteiger partial charge on any atom is 0.408 e. The van der Waals surface area contributed by atoms with Gasteiger partial charge < -0.3 is 25.4 Å². The minimum Gasteiger partial charge on any atom is -0.480 e. The summed E-state index contributed by atoms with van der Waals surface area (Å²) in [4.78, 5) is 35.0. The van der Waals surface area contributed by atoms with E-state index in [0.29, 0.717) is 6.54 Å². The zero-order valence-corrected chi connectivity index (χ0v) is 21.0. The fourth-order valence-electron chi connectivity index (χ4n) is 3.78. The first kappa shape index (κ1) is 25.7. The topological polar surface area (TPSA) is 117 Å². The largest absolute Gasteiger partial charge is 0.480 e. The average Bonchev–Trinajstić information content (AvgIpc) is 3.31. The number of rotatable bonds is 11. The molecular formula is C24H35N5O4S. The lowest BCUT2D eigenvalue weighted by molar-refractivity contribution is -0.139. The van der Waals surface area contributed by atoms with Gasteiger partial charge in [-0.2, -0.15) is 0 Å². The number of unbranched alkanes of at least 4 members (excludes halogenated alkanes) is 1. The van der Waals surface area contributed by atoms with Gasteiger partial charge in [-0.15, -0.1) is 11.3 Å². The number of carbonyl (C=O) groups excluding carboxylic acids is 1. The third-order valence-corrected chi connectivity index (χ3v) is 6.26. The van der Waals surface area contributed by atoms with Crippen molar-refractivity contribution in [2.75, 3.05) is 29.9 Å². The molecule has 186 valence electrons. The highest BCUT2D eigenvalue weighted by atomic mass is 32.1. The number of hydrogen-bond donors (Lipinski definition) is 3. The van der Waals surface area contributed by atoms with Gasteiger partial charge in [-0.25, -0.2) is 19.6 Å². The van der Waals surface area contributed by atoms with Crippen molar-refractivity contribution >= 4 is 34.3 Å². The Morgan fingerprint density at radius 3 is 2.82 bits per heavy atom. The number of alkyl carbamates (subject to hydrolysis) is 1. The molecule has 10 heteroatoms. The standard InChI is InChI=1S/C24H35N5O4S/c1-24(2,3)33-23(32)28-19(21(30)31)11-15-29(22-26-13-16-34-22)14-5-4-8-18-10-9-17-7-6-12-25-20(17)27-18/h9-10,13,16,19H,4-8,11-12,14-15H2,1-3H3,(H,25,27)(H,28,32)(H,30,31). The molecule has 2 aromatic rings. The van der Waals surface area contributed by atoms with Crippen molar-refractivity contribution in [3.05, 3.63) is 35.0 Å². The fourth-order valence-corrected chi connectivity index (χ4v) is 4.48. The van der Waals surface area contributed by atoms with E-state index in [1.165, 1.54) is 16.9 Å². The summed E-state index contributed by atoms with van der Waals surface area (Å²) in [6.45, 7) is 7.40. The smallest absolute Gasteiger partial charge is 0.408 e. The maximum atomic E-state index is 12.1. The Hall–Kier alpha value is -2.88. The number of carboxylic acids is 1. The summed E-state index contributed by atoms with van der Waals surface area (Å²) < 4.78 is 5.21. The Labute approximate surface area is 204 Å². The minimum absolute atomic E-state index is 0.242. The first-order valence-corrected chi connectivity index (χ1v) is 12.7. The van der Waals surface area contributed by atoms with E-state index in [4.69, 9.17) is 9.72 Å². The molecule has 3 heterocycles. The molecule has 1 amide bonds. The Morgan fingerprint density at radius 1 is 1.29 bits per heavy atom. The lowest BCUT2D eigenvalue weighted by Crippen LogP contribution is -2.45. The van der Waals surface area contributed by atoms with Crippen LogP contribution in [-0.2, 0) is 22.4 Å². The third-order valence-electron chi connectivity index (χ3n) is 5.43. The van der Waals surface area contributed by atoms with Crippen molar-refractivity contribution in [2.24, 2.45) is 0 Å². The zero-order chi connectivity index (χ0) is 24.6. The van der Waals surface area contributed by atoms with Gasteiger partial charge in [-0.1, -0.05) is 6.07 Å². The van der Waals surface area contributed by atoms with Crippen molar-refractivity contribution in [3.8, 4) is 0 Å². The second-order valence-electron chi connectivity index (χ2n) is 9.43. The molecule has 0 aliphatic carbocycles. The number of nitrogens with zero attached hydrogens (tertiary/aromatic N) is 3. The second-order valence-corrected chi connectivity index (χ2v) is 10.3. The molecule has 0 spiro atoms. The summed E-state index contributed by atoms with van der Waals surface area (Å²) in [6, 6.07) is 3.25. The highest BCUT2D eigenvalue weighted by Gasteiger charge is 2.25. The molecule has 0 radical (unpaired) electrons. The number of nitrogens with one attached hydrogen (secondary N) is 2. The van der Waals surface area contributed by atoms with Gasteiger partial charge in [-0.3, -0.25) is 0 Å². The van der Waals surface area contributed by atoms with E-state index >= 15 is 0 Å². The van der Waals surface area contributed by atoms with Gasteiger partial charge in [0.05, 0.1) is 0 Å². The van der Waals surface area contributed by atoms with Crippen molar-refractivity contribution < 1.29 is 19.4 Å². The molecule has 3 rings (SSSR count). The van der Waals surface area contributed by atoms with Crippen LogP contribution in [-0.4, -0.2) is 58.4 Å². The van der Waals surface area contributed by atoms with Crippen molar-refractivity contribution in [1.82, 2.24) is 15.3 Å². The van der Waals surface area contributed by atoms with Crippen LogP contribution < -0.4 is 15.5 Å². The number of aryl methyl sites for hydroxylation is 2. The molecule has 1 aliphatic rings. The number of aliphatic carboxylic acids is 1. The van der Waals surface area contributed by atoms with Gasteiger partial charge in [0, 0.05) is 36.9 Å². The normalized spacial score (nSPS) is 14.0. The van der Waals surface area contributed by atoms with Crippen LogP contribution in [0, 0.1) is 0 Å². The number of ether oxygens (including phenoxy) is 1. The Kier molecular flexibility index (Phi) is 9.09. The number of hydrogen-bond acceptors (Lipinski definition) is 8. The number of carboxylic acid groups (broad SMARTS) is 1. The number of thiazole rings is 1. The van der Waals surface area contributed by atoms with Crippen LogP contribution in [0.4, 0.5) is 15.7 Å². The summed E-state index contributed by atoms with van der Waals surface area (Å²) in [6.07, 6.45) is 6.26. The van der Waals surface area contributed by atoms with E-state index in [9.17, 15) is 14.7 Å². The molecule has 0 bridgehead atoms. The van der Waals surface area contributed by atoms with Crippen molar-refractivity contribution in [3.63, 3.8) is 0 Å². The van der Waals surface area contributed by atoms with Gasteiger partial charge >= 0.3 is 12.1 Å². The van der Waals surface area contributed by atoms with Gasteiger partial charge in [0.2, 0.25) is 0 Å². The molecule has 9 nitrogen and oxygen atoms in total. The molecule has 34 heavy (non-hydrogen) atoms. The van der Waals surface area contributed by atoms with Crippen LogP contribution in [0.5, 0.6) is 0 Å². The number of amides is 1. The van der Waals surface area contributed by atoms with E-state index in [2.05, 4.69) is 32.7 Å². The van der Waals surface area contributed by atoms with Crippen LogP contribution in [0.15, 0.2) is 23.7 Å². The summed E-state index contributed by atoms with van der Waals surface area (Å²) in [5, 5.41) is 18.2. The summed E-state index contributed by atoms with van der Waals surface area (Å²) in [5.74, 6) is -0.0672. The Balaban J connectivity index is 1.51. The molecular weight excluding hydrogens is 454 g/mol. The Bertz CT molecular complexity index is 945. The fraction of sp³-hybridized carbons (Fsp3) is 0.583. The van der Waals surface area contributed by atoms with E-state index < -0.39 is 23.7 Å². The van der Waals surface area contributed by atoms with Gasteiger partial charge in [0.1, 0.15) is 17.5 Å². The third kappa shape index (κ3) is 8.16. The summed E-state index contributed by atoms with van der Waals surface area (Å²) in [5.41, 5.74) is 1.68. The highest BCUT2D eigenvalue weighted by molar-refractivity contribution is 7.13. The minimum atomic E-state index is -1.09. The molecule has 0 saturated carbocycles. The lowest BCUT2D eigenvalue weighted by Gasteiger charge is -2.25. The average molecular weight is 490 g/mol. The number of fused-ring (bicyclic) bond motifs is 1. The monoisotopic (exact) mass is 489 g/mol. The van der Waals surface area contributed by atoms with Crippen LogP contribution in [0.25, 0.3) is 0 Å². The van der Waals surface area contributed by atoms with Gasteiger partial charge in [0.25, 0.3) is 0 Å². The molecule has 2 aromatic heterocycles. The summed E-state index contributed by atoms with van der Waals surface area (Å²) in [7, 11) is 0. The molecule has 1 atom stereocenters. The zero-order valence-electron chi connectivity index (χ0n) is 20.2. The van der Waals surface area contributed by atoms with E-state index in [0.717, 1.165) is 61.8 Å². The van der Waals surface area contributed by atoms with Crippen LogP contribution >= 0.6 is 11.3 Å². The summed E-state index contributed by atoms with van der Waals surface area (Å²) >= 11 is 1.52. The van der Waals surface area contributed by atoms with Crippen LogP contribution in [0.2, 0.25) is 0 Å². The van der Waals surface area contributed by atoms with Crippen LogP contribution in [0.3, 0.4) is 0 Å². The lowest BCUT2D eigenvalue weighted by atomic mass is 10.1. The first-order chi connectivity index (χ1) is 16.2. The molecule has 1 unspecified atom stereocenters. The maximum absolute atomic E-state index is 12.1. The number of aromatic nitrogens is 2. The molecule has 3 N–H and O–H groups in total. The van der Waals surface area contributed by atoms with Crippen molar-refractivity contribution in [1.29, 1.82) is 0 Å². The van der Waals surface area contributed by atoms with Gasteiger partial charge in [-0.05, 0) is 70.9 Å². The second kappa shape index (κ2) is 12.0. The number of anilines is 2. The first-order valence-electron chi connectivity index (χ1n) is 11.8. The SMILES string of the molecule is CC(C)(C)OC(=O)NC(CCN(CCCCc1ccc2c(n1)NCCC2)c1nccs1)C(=O)O. The van der Waals surface area contributed by atoms with E-state index in [1.807, 2.05) is 5.38 Å². The van der Waals surface area contributed by atoms with Crippen LogP contribution in [0.1, 0.15) is 57.7 Å². The van der Waals surface area contributed by atoms with E-state index in [-0.39, 0.29) is 6.42 Å². The van der Waals surface area contributed by atoms with E-state index in [1.54, 1.807) is 27.0 Å². The molecule has 1 aliphatic heterocycles. The predicted molar refractivity (Wildman–Crippen MR) is 134 cm³/mol. The predicted octanol–water partition coefficient (Wildman–Crippen LogP) is 4.09. The number of pyridine rings is 1. The molecule has 0 fully saturated rings. The highest BCUT2D eigenvalue weighted by Crippen LogP contribution is 2.21. The molecule has 0 saturated heterocycles.